The third-order valence-electron chi connectivity index (χ3n) is 2.10. The fourth-order valence-corrected chi connectivity index (χ4v) is 1.26. The van der Waals surface area contributed by atoms with E-state index in [1.807, 2.05) is 0 Å². The predicted molar refractivity (Wildman–Crippen MR) is 58.4 cm³/mol. The van der Waals surface area contributed by atoms with Crippen LogP contribution in [0.3, 0.4) is 0 Å². The fourth-order valence-electron chi connectivity index (χ4n) is 1.26. The van der Waals surface area contributed by atoms with E-state index in [9.17, 15) is 0 Å². The minimum absolute atomic E-state index is 0.125. The highest BCUT2D eigenvalue weighted by molar-refractivity contribution is 4.53. The summed E-state index contributed by atoms with van der Waals surface area (Å²) in [5.74, 6) is 0. The lowest BCUT2D eigenvalue weighted by Gasteiger charge is -2.05. The Morgan fingerprint density at radius 1 is 1.00 bits per heavy atom. The molecule has 0 aliphatic carbocycles. The van der Waals surface area contributed by atoms with Gasteiger partial charge in [0.15, 0.2) is 0 Å². The first-order chi connectivity index (χ1) is 6.27. The molecule has 0 aliphatic heterocycles. The van der Waals surface area contributed by atoms with Crippen LogP contribution in [0.5, 0.6) is 0 Å². The molecule has 0 heterocycles. The van der Waals surface area contributed by atoms with Gasteiger partial charge < -0.3 is 16.8 Å². The van der Waals surface area contributed by atoms with Gasteiger partial charge in [-0.05, 0) is 38.8 Å². The van der Waals surface area contributed by atoms with Crippen molar-refractivity contribution >= 4 is 0 Å². The molecular formula is C10H25N3. The Bertz CT molecular complexity index is 94.2. The summed E-state index contributed by atoms with van der Waals surface area (Å²) in [6.07, 6.45) is 7.07. The maximum Gasteiger partial charge on any atom is 0.0520 e. The first-order valence-electron chi connectivity index (χ1n) is 5.49. The van der Waals surface area contributed by atoms with Crippen LogP contribution >= 0.6 is 0 Å². The van der Waals surface area contributed by atoms with E-state index in [2.05, 4.69) is 12.2 Å². The molecule has 0 aromatic carbocycles. The second kappa shape index (κ2) is 9.96. The Kier molecular flexibility index (Phi) is 9.87. The minimum Gasteiger partial charge on any atom is -0.317 e. The predicted octanol–water partition coefficient (Wildman–Crippen LogP) is 1.18. The maximum atomic E-state index is 5.43. The van der Waals surface area contributed by atoms with E-state index in [4.69, 9.17) is 11.5 Å². The van der Waals surface area contributed by atoms with Gasteiger partial charge in [0, 0.05) is 0 Å². The molecule has 3 nitrogen and oxygen atoms in total. The summed E-state index contributed by atoms with van der Waals surface area (Å²) in [7, 11) is 0. The van der Waals surface area contributed by atoms with Gasteiger partial charge in [-0.15, -0.1) is 0 Å². The van der Waals surface area contributed by atoms with Crippen LogP contribution in [-0.2, 0) is 0 Å². The summed E-state index contributed by atoms with van der Waals surface area (Å²) >= 11 is 0. The summed E-state index contributed by atoms with van der Waals surface area (Å²) in [6.45, 7) is 4.49. The topological polar surface area (TPSA) is 64.1 Å². The molecule has 0 amide bonds. The van der Waals surface area contributed by atoms with Crippen molar-refractivity contribution in [2.45, 2.75) is 51.6 Å². The van der Waals surface area contributed by atoms with Gasteiger partial charge >= 0.3 is 0 Å². The van der Waals surface area contributed by atoms with Gasteiger partial charge in [0.25, 0.3) is 0 Å². The molecule has 0 bridgehead atoms. The molecule has 0 atom stereocenters. The van der Waals surface area contributed by atoms with E-state index in [-0.39, 0.29) is 6.17 Å². The molecule has 0 radical (unpaired) electrons. The maximum absolute atomic E-state index is 5.43. The smallest absolute Gasteiger partial charge is 0.0520 e. The molecule has 80 valence electrons. The number of rotatable bonds is 9. The molecule has 0 aromatic rings. The SMILES string of the molecule is CCCCCNCCCCC(N)N. The van der Waals surface area contributed by atoms with Gasteiger partial charge in [0.05, 0.1) is 6.17 Å². The second-order valence-electron chi connectivity index (χ2n) is 3.62. The summed E-state index contributed by atoms with van der Waals surface area (Å²) < 4.78 is 0. The van der Waals surface area contributed by atoms with Crippen LogP contribution in [0.1, 0.15) is 45.4 Å². The lowest BCUT2D eigenvalue weighted by atomic mass is 10.2. The van der Waals surface area contributed by atoms with Crippen LogP contribution in [0.25, 0.3) is 0 Å². The van der Waals surface area contributed by atoms with E-state index in [1.54, 1.807) is 0 Å². The molecule has 0 aliphatic rings. The summed E-state index contributed by atoms with van der Waals surface area (Å²) in [4.78, 5) is 0. The Morgan fingerprint density at radius 3 is 2.15 bits per heavy atom. The monoisotopic (exact) mass is 187 g/mol. The first kappa shape index (κ1) is 12.9. The molecular weight excluding hydrogens is 162 g/mol. The van der Waals surface area contributed by atoms with E-state index in [1.165, 1.54) is 25.7 Å². The zero-order valence-electron chi connectivity index (χ0n) is 8.89. The molecule has 0 aromatic heterocycles. The van der Waals surface area contributed by atoms with Crippen molar-refractivity contribution in [2.75, 3.05) is 13.1 Å². The van der Waals surface area contributed by atoms with Crippen molar-refractivity contribution in [3.63, 3.8) is 0 Å². The van der Waals surface area contributed by atoms with Crippen LogP contribution < -0.4 is 16.8 Å². The van der Waals surface area contributed by atoms with Crippen LogP contribution in [0.4, 0.5) is 0 Å². The number of unbranched alkanes of at least 4 members (excludes halogenated alkanes) is 3. The Balaban J connectivity index is 2.84. The quantitative estimate of drug-likeness (QED) is 0.375. The van der Waals surface area contributed by atoms with Crippen LogP contribution in [-0.4, -0.2) is 19.3 Å². The largest absolute Gasteiger partial charge is 0.317 e. The van der Waals surface area contributed by atoms with Crippen molar-refractivity contribution in [3.05, 3.63) is 0 Å². The highest BCUT2D eigenvalue weighted by atomic mass is 14.9. The lowest BCUT2D eigenvalue weighted by molar-refractivity contribution is 0.542. The van der Waals surface area contributed by atoms with E-state index in [0.29, 0.717) is 0 Å². The van der Waals surface area contributed by atoms with Crippen LogP contribution in [0.15, 0.2) is 0 Å². The zero-order chi connectivity index (χ0) is 9.94. The normalized spacial score (nSPS) is 11.1. The van der Waals surface area contributed by atoms with E-state index >= 15 is 0 Å². The van der Waals surface area contributed by atoms with Gasteiger partial charge in [-0.3, -0.25) is 0 Å². The van der Waals surface area contributed by atoms with Crippen LogP contribution in [0.2, 0.25) is 0 Å². The minimum atomic E-state index is -0.125. The third-order valence-corrected chi connectivity index (χ3v) is 2.10. The third kappa shape index (κ3) is 11.9. The van der Waals surface area contributed by atoms with Gasteiger partial charge in [-0.2, -0.15) is 0 Å². The number of hydrogen-bond acceptors (Lipinski definition) is 3. The highest BCUT2D eigenvalue weighted by Gasteiger charge is 1.93. The Labute approximate surface area is 82.3 Å². The summed E-state index contributed by atoms with van der Waals surface area (Å²) in [6, 6.07) is 0. The molecule has 0 rings (SSSR count). The molecule has 0 spiro atoms. The zero-order valence-corrected chi connectivity index (χ0v) is 8.89. The number of nitrogens with one attached hydrogen (secondary N) is 1. The lowest BCUT2D eigenvalue weighted by Crippen LogP contribution is -2.30. The molecule has 5 N–H and O–H groups in total. The molecule has 0 fully saturated rings. The van der Waals surface area contributed by atoms with Crippen LogP contribution in [0, 0.1) is 0 Å². The molecule has 3 heteroatoms. The average Bonchev–Trinajstić information content (AvgIpc) is 2.09. The van der Waals surface area contributed by atoms with Gasteiger partial charge in [0.2, 0.25) is 0 Å². The van der Waals surface area contributed by atoms with Crippen molar-refractivity contribution in [3.8, 4) is 0 Å². The van der Waals surface area contributed by atoms with Gasteiger partial charge in [-0.1, -0.05) is 19.8 Å². The molecule has 13 heavy (non-hydrogen) atoms. The summed E-state index contributed by atoms with van der Waals surface area (Å²) in [5, 5.41) is 3.41. The van der Waals surface area contributed by atoms with Gasteiger partial charge in [-0.25, -0.2) is 0 Å². The van der Waals surface area contributed by atoms with Crippen molar-refractivity contribution in [2.24, 2.45) is 11.5 Å². The highest BCUT2D eigenvalue weighted by Crippen LogP contribution is 1.95. The van der Waals surface area contributed by atoms with Crippen molar-refractivity contribution < 1.29 is 0 Å². The molecule has 0 saturated heterocycles. The fraction of sp³-hybridized carbons (Fsp3) is 1.00. The molecule has 0 saturated carbocycles. The van der Waals surface area contributed by atoms with Crippen molar-refractivity contribution in [1.29, 1.82) is 0 Å². The average molecular weight is 187 g/mol. The summed E-state index contributed by atoms with van der Waals surface area (Å²) in [5.41, 5.74) is 10.9. The number of hydrogen-bond donors (Lipinski definition) is 3. The van der Waals surface area contributed by atoms with Crippen molar-refractivity contribution in [1.82, 2.24) is 5.32 Å². The van der Waals surface area contributed by atoms with E-state index < -0.39 is 0 Å². The molecule has 0 unspecified atom stereocenters. The second-order valence-corrected chi connectivity index (χ2v) is 3.62. The number of nitrogens with two attached hydrogens (primary N) is 2. The Hall–Kier alpha value is -0.120. The first-order valence-corrected chi connectivity index (χ1v) is 5.49. The van der Waals surface area contributed by atoms with E-state index in [0.717, 1.165) is 25.9 Å². The standard InChI is InChI=1S/C10H25N3/c1-2-3-5-8-13-9-6-4-7-10(11)12/h10,13H,2-9,11-12H2,1H3. The van der Waals surface area contributed by atoms with Gasteiger partial charge in [0.1, 0.15) is 0 Å². The Morgan fingerprint density at radius 2 is 1.62 bits per heavy atom.